The summed E-state index contributed by atoms with van der Waals surface area (Å²) in [5, 5.41) is 0. The first-order valence-corrected chi connectivity index (χ1v) is 5.55. The Morgan fingerprint density at radius 2 is 1.86 bits per heavy atom. The lowest BCUT2D eigenvalue weighted by atomic mass is 10.0. The third kappa shape index (κ3) is 3.49. The van der Waals surface area contributed by atoms with Gasteiger partial charge in [-0.2, -0.15) is 0 Å². The summed E-state index contributed by atoms with van der Waals surface area (Å²) >= 11 is 0. The molecule has 0 aliphatic carbocycles. The highest BCUT2D eigenvalue weighted by Gasteiger charge is 2.02. The van der Waals surface area contributed by atoms with E-state index in [9.17, 15) is 0 Å². The van der Waals surface area contributed by atoms with Gasteiger partial charge in [-0.15, -0.1) is 0 Å². The maximum Gasteiger partial charge on any atom is 0.0432 e. The Labute approximate surface area is 87.6 Å². The van der Waals surface area contributed by atoms with E-state index in [1.165, 1.54) is 17.8 Å². The molecule has 0 amide bonds. The minimum Gasteiger partial charge on any atom is -0.258 e. The first kappa shape index (κ1) is 11.2. The number of rotatable bonds is 4. The quantitative estimate of drug-likeness (QED) is 0.705. The molecule has 78 valence electrons. The van der Waals surface area contributed by atoms with Crippen molar-refractivity contribution in [3.63, 3.8) is 0 Å². The minimum atomic E-state index is 0.536. The number of hydrogen-bond acceptors (Lipinski definition) is 1. The Balaban J connectivity index is 2.64. The highest BCUT2D eigenvalue weighted by molar-refractivity contribution is 5.13. The standard InChI is InChI=1S/C13H21N/c1-10(2)8-9-12-6-5-7-13(14-12)11(3)4/h5-7,10-11H,8-9H2,1-4H3. The van der Waals surface area contributed by atoms with Crippen molar-refractivity contribution in [3.05, 3.63) is 29.6 Å². The van der Waals surface area contributed by atoms with Gasteiger partial charge in [-0.1, -0.05) is 33.8 Å². The largest absolute Gasteiger partial charge is 0.258 e. The van der Waals surface area contributed by atoms with E-state index in [4.69, 9.17) is 0 Å². The van der Waals surface area contributed by atoms with Crippen LogP contribution in [0.3, 0.4) is 0 Å². The van der Waals surface area contributed by atoms with Gasteiger partial charge >= 0.3 is 0 Å². The van der Waals surface area contributed by atoms with Gasteiger partial charge in [0.25, 0.3) is 0 Å². The smallest absolute Gasteiger partial charge is 0.0432 e. The summed E-state index contributed by atoms with van der Waals surface area (Å²) in [7, 11) is 0. The molecule has 1 heteroatoms. The second kappa shape index (κ2) is 5.14. The Morgan fingerprint density at radius 1 is 1.14 bits per heavy atom. The molecular formula is C13H21N. The third-order valence-electron chi connectivity index (χ3n) is 2.40. The van der Waals surface area contributed by atoms with E-state index in [-0.39, 0.29) is 0 Å². The fourth-order valence-corrected chi connectivity index (χ4v) is 1.40. The predicted molar refractivity (Wildman–Crippen MR) is 61.5 cm³/mol. The number of aryl methyl sites for hydroxylation is 1. The van der Waals surface area contributed by atoms with Crippen molar-refractivity contribution in [1.82, 2.24) is 4.98 Å². The number of hydrogen-bond donors (Lipinski definition) is 0. The van der Waals surface area contributed by atoms with Crippen molar-refractivity contribution in [2.45, 2.75) is 46.5 Å². The summed E-state index contributed by atoms with van der Waals surface area (Å²) in [6.45, 7) is 8.89. The van der Waals surface area contributed by atoms with Crippen LogP contribution in [0.1, 0.15) is 51.4 Å². The first-order chi connectivity index (χ1) is 6.59. The molecule has 0 aliphatic heterocycles. The molecule has 0 bridgehead atoms. The zero-order valence-corrected chi connectivity index (χ0v) is 9.75. The molecule has 1 aromatic heterocycles. The zero-order valence-electron chi connectivity index (χ0n) is 9.75. The normalized spacial score (nSPS) is 11.3. The number of nitrogens with zero attached hydrogens (tertiary/aromatic N) is 1. The lowest BCUT2D eigenvalue weighted by Crippen LogP contribution is -1.99. The van der Waals surface area contributed by atoms with Crippen LogP contribution in [-0.4, -0.2) is 4.98 Å². The van der Waals surface area contributed by atoms with Crippen molar-refractivity contribution in [3.8, 4) is 0 Å². The fourth-order valence-electron chi connectivity index (χ4n) is 1.40. The van der Waals surface area contributed by atoms with Crippen LogP contribution in [0.4, 0.5) is 0 Å². The lowest BCUT2D eigenvalue weighted by molar-refractivity contribution is 0.579. The van der Waals surface area contributed by atoms with Crippen LogP contribution < -0.4 is 0 Å². The number of aromatic nitrogens is 1. The summed E-state index contributed by atoms with van der Waals surface area (Å²) in [5.74, 6) is 1.30. The van der Waals surface area contributed by atoms with Gasteiger partial charge in [-0.05, 0) is 36.8 Å². The third-order valence-corrected chi connectivity index (χ3v) is 2.40. The van der Waals surface area contributed by atoms with Gasteiger partial charge in [-0.25, -0.2) is 0 Å². The molecule has 0 spiro atoms. The molecular weight excluding hydrogens is 170 g/mol. The Morgan fingerprint density at radius 3 is 2.43 bits per heavy atom. The van der Waals surface area contributed by atoms with E-state index >= 15 is 0 Å². The fraction of sp³-hybridized carbons (Fsp3) is 0.615. The van der Waals surface area contributed by atoms with Crippen LogP contribution in [-0.2, 0) is 6.42 Å². The van der Waals surface area contributed by atoms with Crippen molar-refractivity contribution in [2.75, 3.05) is 0 Å². The summed E-state index contributed by atoms with van der Waals surface area (Å²) in [4.78, 5) is 4.64. The topological polar surface area (TPSA) is 12.9 Å². The zero-order chi connectivity index (χ0) is 10.6. The molecule has 14 heavy (non-hydrogen) atoms. The minimum absolute atomic E-state index is 0.536. The second-order valence-electron chi connectivity index (χ2n) is 4.64. The van der Waals surface area contributed by atoms with Crippen molar-refractivity contribution >= 4 is 0 Å². The van der Waals surface area contributed by atoms with E-state index in [1.807, 2.05) is 0 Å². The van der Waals surface area contributed by atoms with Crippen molar-refractivity contribution < 1.29 is 0 Å². The molecule has 0 saturated heterocycles. The van der Waals surface area contributed by atoms with Crippen molar-refractivity contribution in [2.24, 2.45) is 5.92 Å². The molecule has 0 fully saturated rings. The molecule has 1 rings (SSSR count). The predicted octanol–water partition coefficient (Wildman–Crippen LogP) is 3.79. The van der Waals surface area contributed by atoms with Crippen LogP contribution in [0.5, 0.6) is 0 Å². The summed E-state index contributed by atoms with van der Waals surface area (Å²) in [5.41, 5.74) is 2.45. The average Bonchev–Trinajstić information content (AvgIpc) is 2.15. The molecule has 0 N–H and O–H groups in total. The van der Waals surface area contributed by atoms with E-state index < -0.39 is 0 Å². The molecule has 0 saturated carbocycles. The van der Waals surface area contributed by atoms with Gasteiger partial charge in [0.15, 0.2) is 0 Å². The van der Waals surface area contributed by atoms with Crippen molar-refractivity contribution in [1.29, 1.82) is 0 Å². The van der Waals surface area contributed by atoms with Gasteiger partial charge in [0.1, 0.15) is 0 Å². The molecule has 0 radical (unpaired) electrons. The molecule has 1 aromatic rings. The van der Waals surface area contributed by atoms with Gasteiger partial charge in [0.05, 0.1) is 0 Å². The van der Waals surface area contributed by atoms with Crippen LogP contribution >= 0.6 is 0 Å². The van der Waals surface area contributed by atoms with Gasteiger partial charge in [0.2, 0.25) is 0 Å². The molecule has 0 aliphatic rings. The second-order valence-corrected chi connectivity index (χ2v) is 4.64. The maximum absolute atomic E-state index is 4.64. The molecule has 1 heterocycles. The van der Waals surface area contributed by atoms with E-state index in [2.05, 4.69) is 50.9 Å². The van der Waals surface area contributed by atoms with Crippen LogP contribution in [0, 0.1) is 5.92 Å². The number of pyridine rings is 1. The monoisotopic (exact) mass is 191 g/mol. The maximum atomic E-state index is 4.64. The van der Waals surface area contributed by atoms with Crippen LogP contribution in [0.15, 0.2) is 18.2 Å². The summed E-state index contributed by atoms with van der Waals surface area (Å²) in [6, 6.07) is 6.37. The van der Waals surface area contributed by atoms with Gasteiger partial charge in [-0.3, -0.25) is 4.98 Å². The summed E-state index contributed by atoms with van der Waals surface area (Å²) in [6.07, 6.45) is 2.34. The van der Waals surface area contributed by atoms with E-state index in [0.717, 1.165) is 12.3 Å². The lowest BCUT2D eigenvalue weighted by Gasteiger charge is -2.08. The van der Waals surface area contributed by atoms with E-state index in [0.29, 0.717) is 5.92 Å². The van der Waals surface area contributed by atoms with Crippen LogP contribution in [0.25, 0.3) is 0 Å². The first-order valence-electron chi connectivity index (χ1n) is 5.55. The molecule has 0 aromatic carbocycles. The van der Waals surface area contributed by atoms with Gasteiger partial charge < -0.3 is 0 Å². The van der Waals surface area contributed by atoms with Gasteiger partial charge in [0, 0.05) is 11.4 Å². The molecule has 0 atom stereocenters. The highest BCUT2D eigenvalue weighted by atomic mass is 14.7. The Kier molecular flexibility index (Phi) is 4.12. The summed E-state index contributed by atoms with van der Waals surface area (Å²) < 4.78 is 0. The SMILES string of the molecule is CC(C)CCc1cccc(C(C)C)n1. The van der Waals surface area contributed by atoms with E-state index in [1.54, 1.807) is 0 Å². The average molecular weight is 191 g/mol. The highest BCUT2D eigenvalue weighted by Crippen LogP contribution is 2.13. The molecule has 0 unspecified atom stereocenters. The Bertz CT molecular complexity index is 276. The molecule has 1 nitrogen and oxygen atoms in total. The Hall–Kier alpha value is -0.850. The van der Waals surface area contributed by atoms with Crippen LogP contribution in [0.2, 0.25) is 0 Å².